The van der Waals surface area contributed by atoms with Crippen molar-refractivity contribution in [1.29, 1.82) is 0 Å². The Labute approximate surface area is 307 Å². The largest absolute Gasteiger partial charge is 0.457 e. The zero-order valence-corrected chi connectivity index (χ0v) is 30.0. The van der Waals surface area contributed by atoms with Gasteiger partial charge in [-0.2, -0.15) is 0 Å². The number of hydrogen-bond donors (Lipinski definition) is 0. The van der Waals surface area contributed by atoms with Crippen molar-refractivity contribution in [2.24, 2.45) is 0 Å². The molecule has 0 radical (unpaired) electrons. The lowest BCUT2D eigenvalue weighted by Gasteiger charge is -2.45. The number of anilines is 3. The molecule has 10 rings (SSSR count). The average molecular weight is 701 g/mol. The second kappa shape index (κ2) is 12.5. The van der Waals surface area contributed by atoms with Crippen LogP contribution in [0.5, 0.6) is 11.5 Å². The molecule has 0 atom stereocenters. The Balaban J connectivity index is 1.22. The maximum atomic E-state index is 6.59. The Bertz CT molecular complexity index is 2690. The molecule has 1 aliphatic heterocycles. The van der Waals surface area contributed by atoms with Crippen LogP contribution >= 0.6 is 11.3 Å². The summed E-state index contributed by atoms with van der Waals surface area (Å²) in [6, 6.07) is 67.8. The van der Waals surface area contributed by atoms with Gasteiger partial charge in [0.15, 0.2) is 8.07 Å². The van der Waals surface area contributed by atoms with Crippen molar-refractivity contribution in [1.82, 2.24) is 4.98 Å². The molecule has 0 saturated carbocycles. The normalized spacial score (nSPS) is 13.1. The van der Waals surface area contributed by atoms with E-state index in [1.165, 1.54) is 52.3 Å². The molecule has 1 aliphatic rings. The van der Waals surface area contributed by atoms with Gasteiger partial charge < -0.3 is 9.64 Å². The molecule has 0 bridgehead atoms. The third-order valence-corrected chi connectivity index (χ3v) is 16.5. The molecule has 2 aromatic heterocycles. The molecule has 0 aliphatic carbocycles. The van der Waals surface area contributed by atoms with Crippen LogP contribution in [0.25, 0.3) is 31.4 Å². The second-order valence-electron chi connectivity index (χ2n) is 13.1. The molecule has 52 heavy (non-hydrogen) atoms. The topological polar surface area (TPSA) is 25.4 Å². The Morgan fingerprint density at radius 1 is 0.519 bits per heavy atom. The number of aromatic nitrogens is 1. The maximum Gasteiger partial charge on any atom is 0.185 e. The summed E-state index contributed by atoms with van der Waals surface area (Å²) in [5, 5.41) is 8.18. The van der Waals surface area contributed by atoms with Gasteiger partial charge in [-0.15, -0.1) is 11.3 Å². The SMILES string of the molecule is c1ccc([Si]2(c3ccccc3)c3ccccc3N(c3cccc(Oc4cccc(-c5ccccn5)c4)c3)c3ccc4c(sc5ccccc54)c32)cc1. The highest BCUT2D eigenvalue weighted by molar-refractivity contribution is 7.31. The lowest BCUT2D eigenvalue weighted by Crippen LogP contribution is -2.77. The summed E-state index contributed by atoms with van der Waals surface area (Å²) in [6.45, 7) is 0. The molecule has 7 aromatic carbocycles. The fraction of sp³-hybridized carbons (Fsp3) is 0. The molecule has 0 N–H and O–H groups in total. The fourth-order valence-electron chi connectivity index (χ4n) is 8.07. The van der Waals surface area contributed by atoms with Crippen LogP contribution in [-0.2, 0) is 0 Å². The van der Waals surface area contributed by atoms with Gasteiger partial charge in [0.05, 0.1) is 5.69 Å². The summed E-state index contributed by atoms with van der Waals surface area (Å²) in [7, 11) is -2.86. The van der Waals surface area contributed by atoms with E-state index in [-0.39, 0.29) is 0 Å². The van der Waals surface area contributed by atoms with Crippen molar-refractivity contribution < 1.29 is 4.74 Å². The minimum atomic E-state index is -2.86. The van der Waals surface area contributed by atoms with Gasteiger partial charge in [-0.1, -0.05) is 127 Å². The third-order valence-electron chi connectivity index (χ3n) is 10.2. The number of nitrogens with zero attached hydrogens (tertiary/aromatic N) is 2. The summed E-state index contributed by atoms with van der Waals surface area (Å²) in [4.78, 5) is 7.01. The Morgan fingerprint density at radius 2 is 1.21 bits per heavy atom. The van der Waals surface area contributed by atoms with Gasteiger partial charge in [-0.3, -0.25) is 4.98 Å². The first-order valence-corrected chi connectivity index (χ1v) is 20.4. The first-order chi connectivity index (χ1) is 25.8. The molecular formula is C47H32N2OSSi. The Morgan fingerprint density at radius 3 is 2.00 bits per heavy atom. The molecule has 246 valence electrons. The van der Waals surface area contributed by atoms with E-state index in [2.05, 4.69) is 162 Å². The van der Waals surface area contributed by atoms with Crippen LogP contribution in [0.4, 0.5) is 17.1 Å². The molecule has 9 aromatic rings. The number of benzene rings is 7. The van der Waals surface area contributed by atoms with Crippen LogP contribution in [0, 0.1) is 0 Å². The highest BCUT2D eigenvalue weighted by atomic mass is 32.1. The lowest BCUT2D eigenvalue weighted by atomic mass is 10.1. The van der Waals surface area contributed by atoms with Crippen LogP contribution in [-0.4, -0.2) is 13.1 Å². The molecule has 0 saturated heterocycles. The summed E-state index contributed by atoms with van der Waals surface area (Å²) in [5.74, 6) is 1.55. The van der Waals surface area contributed by atoms with E-state index in [9.17, 15) is 0 Å². The molecule has 0 unspecified atom stereocenters. The Hall–Kier alpha value is -6.27. The van der Waals surface area contributed by atoms with E-state index in [1.807, 2.05) is 53.9 Å². The van der Waals surface area contributed by atoms with Crippen LogP contribution in [0.1, 0.15) is 0 Å². The van der Waals surface area contributed by atoms with Crippen molar-refractivity contribution in [2.75, 3.05) is 4.90 Å². The molecular weight excluding hydrogens is 669 g/mol. The maximum absolute atomic E-state index is 6.59. The number of thiophene rings is 1. The van der Waals surface area contributed by atoms with Crippen molar-refractivity contribution in [3.05, 3.63) is 194 Å². The van der Waals surface area contributed by atoms with Gasteiger partial charge in [-0.05, 0) is 75.3 Å². The smallest absolute Gasteiger partial charge is 0.185 e. The predicted molar refractivity (Wildman–Crippen MR) is 221 cm³/mol. The van der Waals surface area contributed by atoms with Crippen molar-refractivity contribution >= 4 is 77.4 Å². The number of rotatable bonds is 6. The Kier molecular flexibility index (Phi) is 7.34. The average Bonchev–Trinajstić information content (AvgIpc) is 3.60. The van der Waals surface area contributed by atoms with E-state index >= 15 is 0 Å². The van der Waals surface area contributed by atoms with E-state index in [0.717, 1.165) is 28.4 Å². The number of hydrogen-bond acceptors (Lipinski definition) is 4. The monoisotopic (exact) mass is 700 g/mol. The highest BCUT2D eigenvalue weighted by Crippen LogP contribution is 2.44. The van der Waals surface area contributed by atoms with E-state index in [1.54, 1.807) is 0 Å². The first kappa shape index (κ1) is 30.5. The number of para-hydroxylation sites is 1. The summed E-state index contributed by atoms with van der Waals surface area (Å²) < 4.78 is 9.26. The molecule has 0 amide bonds. The van der Waals surface area contributed by atoms with Gasteiger partial charge in [0.1, 0.15) is 11.5 Å². The van der Waals surface area contributed by atoms with E-state index in [0.29, 0.717) is 0 Å². The van der Waals surface area contributed by atoms with E-state index < -0.39 is 8.07 Å². The van der Waals surface area contributed by atoms with Gasteiger partial charge in [0.2, 0.25) is 0 Å². The van der Waals surface area contributed by atoms with Gasteiger partial charge in [-0.25, -0.2) is 0 Å². The lowest BCUT2D eigenvalue weighted by molar-refractivity contribution is 0.483. The number of pyridine rings is 1. The molecule has 3 heterocycles. The van der Waals surface area contributed by atoms with Crippen molar-refractivity contribution in [2.45, 2.75) is 0 Å². The summed E-state index contributed by atoms with van der Waals surface area (Å²) in [5.41, 5.74) is 5.40. The van der Waals surface area contributed by atoms with Gasteiger partial charge in [0.25, 0.3) is 0 Å². The highest BCUT2D eigenvalue weighted by Gasteiger charge is 2.50. The zero-order valence-electron chi connectivity index (χ0n) is 28.2. The minimum Gasteiger partial charge on any atom is -0.457 e. The quantitative estimate of drug-likeness (QED) is 0.162. The standard InChI is InChI=1S/C47H32N2OSSi/c1-3-19-37(20-4-1)52(38-21-5-2-6-22-38)45-27-10-8-25-42(45)49(43-29-28-40-39-23-7-9-26-44(39)51-46(40)47(43)52)34-16-14-18-36(32-34)50-35-17-13-15-33(31-35)41-24-11-12-30-48-41/h1-32H. The fourth-order valence-corrected chi connectivity index (χ4v) is 15.0. The predicted octanol–water partition coefficient (Wildman–Crippen LogP) is 10.1. The van der Waals surface area contributed by atoms with Crippen LogP contribution in [0.15, 0.2) is 194 Å². The van der Waals surface area contributed by atoms with Gasteiger partial charge in [0, 0.05) is 55.1 Å². The van der Waals surface area contributed by atoms with Crippen LogP contribution in [0.2, 0.25) is 0 Å². The zero-order chi connectivity index (χ0) is 34.5. The molecule has 5 heteroatoms. The molecule has 3 nitrogen and oxygen atoms in total. The van der Waals surface area contributed by atoms with Gasteiger partial charge >= 0.3 is 0 Å². The van der Waals surface area contributed by atoms with Crippen LogP contribution < -0.4 is 30.4 Å². The summed E-state index contributed by atoms with van der Waals surface area (Å²) in [6.07, 6.45) is 1.82. The number of ether oxygens (including phenoxy) is 1. The van der Waals surface area contributed by atoms with Crippen molar-refractivity contribution in [3.8, 4) is 22.8 Å². The van der Waals surface area contributed by atoms with E-state index in [4.69, 9.17) is 4.74 Å². The van der Waals surface area contributed by atoms with Crippen LogP contribution in [0.3, 0.4) is 0 Å². The minimum absolute atomic E-state index is 0.770. The third kappa shape index (κ3) is 4.82. The van der Waals surface area contributed by atoms with Crippen molar-refractivity contribution in [3.63, 3.8) is 0 Å². The molecule has 0 spiro atoms. The second-order valence-corrected chi connectivity index (χ2v) is 17.9. The first-order valence-electron chi connectivity index (χ1n) is 17.5. The molecule has 0 fully saturated rings. The summed E-state index contributed by atoms with van der Waals surface area (Å²) >= 11 is 1.92. The number of fused-ring (bicyclic) bond motifs is 6.